The second-order valence-corrected chi connectivity index (χ2v) is 6.96. The van der Waals surface area contributed by atoms with Crippen LogP contribution in [0.3, 0.4) is 0 Å². The minimum atomic E-state index is 0.212. The lowest BCUT2D eigenvalue weighted by molar-refractivity contribution is 0.144. The molecule has 2 atom stereocenters. The van der Waals surface area contributed by atoms with Crippen molar-refractivity contribution in [2.75, 3.05) is 32.4 Å². The van der Waals surface area contributed by atoms with E-state index in [-0.39, 0.29) is 5.57 Å². The minimum Gasteiger partial charge on any atom is -0.364 e. The predicted octanol–water partition coefficient (Wildman–Crippen LogP) is 2.80. The number of allylic oxidation sites excluding steroid dienone is 1. The van der Waals surface area contributed by atoms with Crippen LogP contribution in [-0.2, 0) is 0 Å². The number of hydrogen-bond acceptors (Lipinski definition) is 5. The second-order valence-electron chi connectivity index (χ2n) is 5.95. The summed E-state index contributed by atoms with van der Waals surface area (Å²) in [4.78, 5) is 4.80. The van der Waals surface area contributed by atoms with Crippen LogP contribution in [0.15, 0.2) is 11.8 Å². The fourth-order valence-corrected chi connectivity index (χ4v) is 4.22. The summed E-state index contributed by atoms with van der Waals surface area (Å²) in [5.74, 6) is 0.748. The number of rotatable bonds is 4. The largest absolute Gasteiger partial charge is 0.364 e. The monoisotopic (exact) mass is 304 g/mol. The van der Waals surface area contributed by atoms with Gasteiger partial charge in [0.05, 0.1) is 5.37 Å². The van der Waals surface area contributed by atoms with E-state index in [1.54, 1.807) is 6.20 Å². The Kier molecular flexibility index (Phi) is 6.42. The Hall–Kier alpha value is -1.17. The Bertz CT molecular complexity index is 426. The summed E-state index contributed by atoms with van der Waals surface area (Å²) in [5.41, 5.74) is 0.212. The first-order valence-corrected chi connectivity index (χ1v) is 9.08. The van der Waals surface area contributed by atoms with E-state index in [0.717, 1.165) is 25.3 Å². The van der Waals surface area contributed by atoms with E-state index in [1.807, 2.05) is 23.9 Å². The lowest BCUT2D eigenvalue weighted by Gasteiger charge is -2.40. The van der Waals surface area contributed by atoms with Crippen LogP contribution >= 0.6 is 11.8 Å². The molecule has 2 aliphatic rings. The van der Waals surface area contributed by atoms with Crippen molar-refractivity contribution in [3.63, 3.8) is 0 Å². The molecule has 0 amide bonds. The van der Waals surface area contributed by atoms with Crippen LogP contribution in [0.1, 0.15) is 32.1 Å². The average Bonchev–Trinajstić information content (AvgIpc) is 2.54. The van der Waals surface area contributed by atoms with Gasteiger partial charge in [0.2, 0.25) is 0 Å². The van der Waals surface area contributed by atoms with Crippen molar-refractivity contribution < 1.29 is 0 Å². The number of piperidine rings is 2. The molecular formula is C16H24N4S. The molecule has 114 valence electrons. The van der Waals surface area contributed by atoms with Gasteiger partial charge in [0.25, 0.3) is 0 Å². The highest BCUT2D eigenvalue weighted by Gasteiger charge is 2.28. The Morgan fingerprint density at radius 3 is 2.52 bits per heavy atom. The topological polar surface area (TPSA) is 54.1 Å². The number of thioether (sulfide) groups is 1. The molecule has 0 aromatic rings. The normalized spacial score (nSPS) is 26.7. The van der Waals surface area contributed by atoms with Gasteiger partial charge in [-0.25, -0.2) is 0 Å². The van der Waals surface area contributed by atoms with Crippen molar-refractivity contribution in [2.24, 2.45) is 5.92 Å². The third-order valence-corrected chi connectivity index (χ3v) is 5.48. The maximum atomic E-state index is 8.90. The molecule has 2 aliphatic heterocycles. The molecule has 0 saturated carbocycles. The second kappa shape index (κ2) is 8.32. The summed E-state index contributed by atoms with van der Waals surface area (Å²) in [6, 6.07) is 3.92. The Morgan fingerprint density at radius 1 is 1.19 bits per heavy atom. The van der Waals surface area contributed by atoms with Gasteiger partial charge < -0.3 is 9.80 Å². The van der Waals surface area contributed by atoms with Gasteiger partial charge in [0.15, 0.2) is 0 Å². The van der Waals surface area contributed by atoms with Crippen LogP contribution in [0, 0.1) is 28.6 Å². The van der Waals surface area contributed by atoms with Crippen LogP contribution in [0.5, 0.6) is 0 Å². The van der Waals surface area contributed by atoms with Crippen molar-refractivity contribution in [3.8, 4) is 12.1 Å². The summed E-state index contributed by atoms with van der Waals surface area (Å²) in [6.07, 6.45) is 10.3. The highest BCUT2D eigenvalue weighted by Crippen LogP contribution is 2.30. The fraction of sp³-hybridized carbons (Fsp3) is 0.750. The summed E-state index contributed by atoms with van der Waals surface area (Å²) in [6.45, 7) is 4.70. The van der Waals surface area contributed by atoms with Crippen molar-refractivity contribution in [2.45, 2.75) is 37.5 Å². The van der Waals surface area contributed by atoms with Gasteiger partial charge in [-0.2, -0.15) is 10.5 Å². The van der Waals surface area contributed by atoms with Gasteiger partial charge in [-0.15, -0.1) is 11.8 Å². The van der Waals surface area contributed by atoms with Gasteiger partial charge in [-0.05, 0) is 50.9 Å². The van der Waals surface area contributed by atoms with E-state index in [0.29, 0.717) is 5.37 Å². The summed E-state index contributed by atoms with van der Waals surface area (Å²) >= 11 is 1.83. The molecule has 2 rings (SSSR count). The molecule has 21 heavy (non-hydrogen) atoms. The fourth-order valence-electron chi connectivity index (χ4n) is 3.31. The number of likely N-dealkylation sites (tertiary alicyclic amines) is 2. The summed E-state index contributed by atoms with van der Waals surface area (Å²) in [5, 5.41) is 18.2. The van der Waals surface area contributed by atoms with E-state index in [2.05, 4.69) is 16.1 Å². The van der Waals surface area contributed by atoms with Crippen LogP contribution in [0.4, 0.5) is 0 Å². The standard InChI is InChI=1S/C16H24N4S/c1-21-16-9-14(12-19-6-3-2-4-7-19)5-8-20(16)13-15(10-17)11-18/h13-14,16H,2-9,12H2,1H3. The van der Waals surface area contributed by atoms with E-state index in [4.69, 9.17) is 10.5 Å². The Balaban J connectivity index is 1.90. The quantitative estimate of drug-likeness (QED) is 0.748. The van der Waals surface area contributed by atoms with Gasteiger partial charge in [0, 0.05) is 19.3 Å². The van der Waals surface area contributed by atoms with Crippen LogP contribution in [-0.4, -0.2) is 47.6 Å². The highest BCUT2D eigenvalue weighted by molar-refractivity contribution is 7.99. The van der Waals surface area contributed by atoms with Crippen LogP contribution in [0.2, 0.25) is 0 Å². The minimum absolute atomic E-state index is 0.212. The molecule has 2 fully saturated rings. The molecule has 5 heteroatoms. The van der Waals surface area contributed by atoms with Crippen molar-refractivity contribution >= 4 is 11.8 Å². The molecule has 2 saturated heterocycles. The van der Waals surface area contributed by atoms with Crippen LogP contribution < -0.4 is 0 Å². The molecule has 0 bridgehead atoms. The van der Waals surface area contributed by atoms with Crippen molar-refractivity contribution in [1.29, 1.82) is 10.5 Å². The molecule has 0 aromatic heterocycles. The first-order valence-electron chi connectivity index (χ1n) is 7.79. The van der Waals surface area contributed by atoms with Gasteiger partial charge in [-0.3, -0.25) is 0 Å². The highest BCUT2D eigenvalue weighted by atomic mass is 32.2. The van der Waals surface area contributed by atoms with Gasteiger partial charge in [-0.1, -0.05) is 6.42 Å². The molecule has 0 N–H and O–H groups in total. The third kappa shape index (κ3) is 4.66. The lowest BCUT2D eigenvalue weighted by atomic mass is 9.95. The molecule has 0 spiro atoms. The molecule has 2 unspecified atom stereocenters. The Morgan fingerprint density at radius 2 is 1.90 bits per heavy atom. The summed E-state index contributed by atoms with van der Waals surface area (Å²) in [7, 11) is 0. The lowest BCUT2D eigenvalue weighted by Crippen LogP contribution is -2.42. The van der Waals surface area contributed by atoms with E-state index in [9.17, 15) is 0 Å². The number of nitriles is 2. The van der Waals surface area contributed by atoms with E-state index in [1.165, 1.54) is 38.9 Å². The first-order chi connectivity index (χ1) is 10.3. The molecule has 0 aromatic carbocycles. The smallest absolute Gasteiger partial charge is 0.145 e. The molecule has 0 aliphatic carbocycles. The van der Waals surface area contributed by atoms with E-state index >= 15 is 0 Å². The SMILES string of the molecule is CSC1CC(CN2CCCCC2)CCN1C=C(C#N)C#N. The average molecular weight is 304 g/mol. The Labute approximate surface area is 132 Å². The number of nitrogens with zero attached hydrogens (tertiary/aromatic N) is 4. The zero-order valence-corrected chi connectivity index (χ0v) is 13.6. The number of hydrogen-bond donors (Lipinski definition) is 0. The van der Waals surface area contributed by atoms with Crippen molar-refractivity contribution in [3.05, 3.63) is 11.8 Å². The molecular weight excluding hydrogens is 280 g/mol. The maximum absolute atomic E-state index is 8.90. The molecule has 4 nitrogen and oxygen atoms in total. The zero-order valence-electron chi connectivity index (χ0n) is 12.8. The molecule has 2 heterocycles. The van der Waals surface area contributed by atoms with Crippen molar-refractivity contribution in [1.82, 2.24) is 9.80 Å². The van der Waals surface area contributed by atoms with E-state index < -0.39 is 0 Å². The molecule has 0 radical (unpaired) electrons. The zero-order chi connectivity index (χ0) is 15.1. The maximum Gasteiger partial charge on any atom is 0.145 e. The predicted molar refractivity (Wildman–Crippen MR) is 86.3 cm³/mol. The van der Waals surface area contributed by atoms with Gasteiger partial charge >= 0.3 is 0 Å². The van der Waals surface area contributed by atoms with Gasteiger partial charge in [0.1, 0.15) is 17.7 Å². The third-order valence-electron chi connectivity index (χ3n) is 4.47. The van der Waals surface area contributed by atoms with Crippen LogP contribution in [0.25, 0.3) is 0 Å². The summed E-state index contributed by atoms with van der Waals surface area (Å²) < 4.78 is 0. The first kappa shape index (κ1) is 16.2.